The van der Waals surface area contributed by atoms with E-state index in [1.807, 2.05) is 6.07 Å². The fourth-order valence-corrected chi connectivity index (χ4v) is 1.83. The summed E-state index contributed by atoms with van der Waals surface area (Å²) in [7, 11) is 0. The van der Waals surface area contributed by atoms with Crippen LogP contribution in [0.1, 0.15) is 22.8 Å². The topological polar surface area (TPSA) is 96.0 Å². The third kappa shape index (κ3) is 3.22. The molecule has 0 spiro atoms. The number of carbonyl (C=O) groups is 1. The van der Waals surface area contributed by atoms with Gasteiger partial charge in [-0.05, 0) is 37.3 Å². The Morgan fingerprint density at radius 2 is 2.05 bits per heavy atom. The van der Waals surface area contributed by atoms with Crippen LogP contribution in [0.2, 0.25) is 0 Å². The smallest absolute Gasteiger partial charge is 0.293 e. The van der Waals surface area contributed by atoms with Gasteiger partial charge in [-0.25, -0.2) is 0 Å². The molecule has 2 aromatic rings. The summed E-state index contributed by atoms with van der Waals surface area (Å²) in [6, 6.07) is 12.8. The molecule has 0 heterocycles. The van der Waals surface area contributed by atoms with Crippen molar-refractivity contribution in [1.82, 2.24) is 0 Å². The Bertz CT molecular complexity index is 763. The summed E-state index contributed by atoms with van der Waals surface area (Å²) in [5.41, 5.74) is 1.36. The number of rotatable bonds is 4. The van der Waals surface area contributed by atoms with Crippen LogP contribution in [0.5, 0.6) is 0 Å². The zero-order valence-electron chi connectivity index (χ0n) is 11.2. The van der Waals surface area contributed by atoms with Crippen molar-refractivity contribution in [2.24, 2.45) is 0 Å². The molecule has 21 heavy (non-hydrogen) atoms. The molecule has 104 valence electrons. The maximum Gasteiger partial charge on any atom is 0.293 e. The quantitative estimate of drug-likeness (QED) is 0.526. The van der Waals surface area contributed by atoms with E-state index in [0.717, 1.165) is 0 Å². The van der Waals surface area contributed by atoms with E-state index >= 15 is 0 Å². The summed E-state index contributed by atoms with van der Waals surface area (Å²) in [5, 5.41) is 22.8. The van der Waals surface area contributed by atoms with Gasteiger partial charge in [-0.2, -0.15) is 5.26 Å². The number of ketones is 1. The molecule has 6 nitrogen and oxygen atoms in total. The highest BCUT2D eigenvalue weighted by atomic mass is 16.6. The fraction of sp³-hybridized carbons (Fsp3) is 0.0667. The van der Waals surface area contributed by atoms with Crippen LogP contribution < -0.4 is 5.32 Å². The van der Waals surface area contributed by atoms with Crippen LogP contribution in [0.25, 0.3) is 0 Å². The number of benzene rings is 2. The van der Waals surface area contributed by atoms with Gasteiger partial charge in [-0.1, -0.05) is 6.07 Å². The number of nitriles is 1. The maximum absolute atomic E-state index is 11.3. The summed E-state index contributed by atoms with van der Waals surface area (Å²) in [6.07, 6.45) is 0. The van der Waals surface area contributed by atoms with Gasteiger partial charge in [0.15, 0.2) is 5.78 Å². The van der Waals surface area contributed by atoms with Gasteiger partial charge in [0.1, 0.15) is 5.69 Å². The lowest BCUT2D eigenvalue weighted by atomic mass is 10.1. The summed E-state index contributed by atoms with van der Waals surface area (Å²) in [4.78, 5) is 21.9. The molecular weight excluding hydrogens is 270 g/mol. The van der Waals surface area contributed by atoms with Crippen molar-refractivity contribution >= 4 is 22.8 Å². The number of nitro groups is 1. The first-order valence-electron chi connectivity index (χ1n) is 6.08. The predicted molar refractivity (Wildman–Crippen MR) is 77.5 cm³/mol. The Kier molecular flexibility index (Phi) is 3.95. The summed E-state index contributed by atoms with van der Waals surface area (Å²) < 4.78 is 0. The van der Waals surface area contributed by atoms with Gasteiger partial charge in [-0.15, -0.1) is 0 Å². The first-order valence-corrected chi connectivity index (χ1v) is 6.08. The molecule has 2 rings (SSSR count). The molecule has 0 atom stereocenters. The largest absolute Gasteiger partial charge is 0.350 e. The van der Waals surface area contributed by atoms with Crippen LogP contribution >= 0.6 is 0 Å². The van der Waals surface area contributed by atoms with Gasteiger partial charge < -0.3 is 5.32 Å². The third-order valence-electron chi connectivity index (χ3n) is 2.87. The number of carbonyl (C=O) groups excluding carboxylic acids is 1. The van der Waals surface area contributed by atoms with Crippen molar-refractivity contribution in [3.8, 4) is 6.07 Å². The van der Waals surface area contributed by atoms with Gasteiger partial charge in [-0.3, -0.25) is 14.9 Å². The van der Waals surface area contributed by atoms with E-state index in [-0.39, 0.29) is 22.7 Å². The molecule has 6 heteroatoms. The highest BCUT2D eigenvalue weighted by Gasteiger charge is 2.16. The standard InChI is InChI=1S/C15H11N3O3/c1-10(19)12-5-6-14(15(8-12)18(20)21)17-13-4-2-3-11(7-13)9-16/h2-8,17H,1H3. The third-order valence-corrected chi connectivity index (χ3v) is 2.87. The minimum atomic E-state index is -0.553. The molecule has 0 aromatic heterocycles. The van der Waals surface area contributed by atoms with Crippen LogP contribution in [-0.4, -0.2) is 10.7 Å². The molecule has 0 aliphatic rings. The Balaban J connectivity index is 2.41. The fourth-order valence-electron chi connectivity index (χ4n) is 1.83. The van der Waals surface area contributed by atoms with Crippen LogP contribution in [0, 0.1) is 21.4 Å². The SMILES string of the molecule is CC(=O)c1ccc(Nc2cccc(C#N)c2)c([N+](=O)[O-])c1. The monoisotopic (exact) mass is 281 g/mol. The highest BCUT2D eigenvalue weighted by Crippen LogP contribution is 2.29. The Hall–Kier alpha value is -3.20. The summed E-state index contributed by atoms with van der Waals surface area (Å²) >= 11 is 0. The molecule has 0 aliphatic heterocycles. The second-order valence-electron chi connectivity index (χ2n) is 4.36. The molecule has 0 unspecified atom stereocenters. The van der Waals surface area contributed by atoms with E-state index < -0.39 is 4.92 Å². The van der Waals surface area contributed by atoms with E-state index in [1.54, 1.807) is 24.3 Å². The number of hydrogen-bond acceptors (Lipinski definition) is 5. The molecule has 0 aliphatic carbocycles. The van der Waals surface area contributed by atoms with Crippen molar-refractivity contribution < 1.29 is 9.72 Å². The Labute approximate surface area is 120 Å². The average molecular weight is 281 g/mol. The lowest BCUT2D eigenvalue weighted by molar-refractivity contribution is -0.383. The summed E-state index contributed by atoms with van der Waals surface area (Å²) in [6.45, 7) is 1.35. The average Bonchev–Trinajstić information content (AvgIpc) is 2.47. The number of nitro benzene ring substituents is 1. The second-order valence-corrected chi connectivity index (χ2v) is 4.36. The number of nitrogens with zero attached hydrogens (tertiary/aromatic N) is 2. The van der Waals surface area contributed by atoms with Gasteiger partial charge >= 0.3 is 0 Å². The van der Waals surface area contributed by atoms with Crippen LogP contribution in [0.15, 0.2) is 42.5 Å². The first kappa shape index (κ1) is 14.2. The predicted octanol–water partition coefficient (Wildman–Crippen LogP) is 3.41. The lowest BCUT2D eigenvalue weighted by Gasteiger charge is -2.08. The molecule has 0 radical (unpaired) electrons. The number of Topliss-reactive ketones (excluding diaryl/α,β-unsaturated/α-hetero) is 1. The zero-order valence-corrected chi connectivity index (χ0v) is 11.2. The normalized spacial score (nSPS) is 9.71. The molecule has 0 amide bonds. The molecule has 0 saturated carbocycles. The van der Waals surface area contributed by atoms with Crippen LogP contribution in [0.3, 0.4) is 0 Å². The Morgan fingerprint density at radius 3 is 2.67 bits per heavy atom. The highest BCUT2D eigenvalue weighted by molar-refractivity contribution is 5.95. The van der Waals surface area contributed by atoms with E-state index in [1.165, 1.54) is 25.1 Å². The minimum Gasteiger partial charge on any atom is -0.350 e. The maximum atomic E-state index is 11.3. The number of hydrogen-bond donors (Lipinski definition) is 1. The van der Waals surface area contributed by atoms with Gasteiger partial charge in [0, 0.05) is 17.3 Å². The number of nitrogens with one attached hydrogen (secondary N) is 1. The van der Waals surface area contributed by atoms with Gasteiger partial charge in [0.25, 0.3) is 5.69 Å². The molecule has 0 fully saturated rings. The van der Waals surface area contributed by atoms with E-state index in [9.17, 15) is 14.9 Å². The van der Waals surface area contributed by atoms with Crippen molar-refractivity contribution in [2.45, 2.75) is 6.92 Å². The van der Waals surface area contributed by atoms with Gasteiger partial charge in [0.2, 0.25) is 0 Å². The molecule has 0 saturated heterocycles. The molecular formula is C15H11N3O3. The van der Waals surface area contributed by atoms with E-state index in [0.29, 0.717) is 11.3 Å². The van der Waals surface area contributed by atoms with E-state index in [4.69, 9.17) is 5.26 Å². The minimum absolute atomic E-state index is 0.190. The van der Waals surface area contributed by atoms with Crippen molar-refractivity contribution in [3.63, 3.8) is 0 Å². The summed E-state index contributed by atoms with van der Waals surface area (Å²) in [5.74, 6) is -0.240. The van der Waals surface area contributed by atoms with Crippen molar-refractivity contribution in [3.05, 3.63) is 63.7 Å². The Morgan fingerprint density at radius 1 is 1.29 bits per heavy atom. The van der Waals surface area contributed by atoms with E-state index in [2.05, 4.69) is 5.32 Å². The van der Waals surface area contributed by atoms with Crippen LogP contribution in [0.4, 0.5) is 17.1 Å². The first-order chi connectivity index (χ1) is 10.0. The van der Waals surface area contributed by atoms with Crippen LogP contribution in [-0.2, 0) is 0 Å². The second kappa shape index (κ2) is 5.84. The van der Waals surface area contributed by atoms with Gasteiger partial charge in [0.05, 0.1) is 16.6 Å². The molecule has 2 aromatic carbocycles. The van der Waals surface area contributed by atoms with Crippen molar-refractivity contribution in [1.29, 1.82) is 5.26 Å². The molecule has 1 N–H and O–H groups in total. The molecule has 0 bridgehead atoms. The zero-order chi connectivity index (χ0) is 15.4. The lowest BCUT2D eigenvalue weighted by Crippen LogP contribution is -2.00. The number of anilines is 2. The van der Waals surface area contributed by atoms with Crippen molar-refractivity contribution in [2.75, 3.05) is 5.32 Å².